The first-order valence-electron chi connectivity index (χ1n) is 17.1. The number of aliphatic hydroxyl groups is 2. The SMILES string of the molecule is COc1ccc(CCN=C(CCC(=NCCc2ccc(OC)c(OC)c2)C2=C(O)CC(C)(C)CC2=O)C2=C(O)CC(C)(C)CC2=O)cc1OC. The highest BCUT2D eigenvalue weighted by molar-refractivity contribution is 6.26. The van der Waals surface area contributed by atoms with Crippen molar-refractivity contribution in [2.75, 3.05) is 41.5 Å². The normalized spacial score (nSPS) is 18.0. The zero-order valence-electron chi connectivity index (χ0n) is 30.8. The smallest absolute Gasteiger partial charge is 0.168 e. The van der Waals surface area contributed by atoms with Gasteiger partial charge in [-0.15, -0.1) is 0 Å². The number of methoxy groups -OCH3 is 4. The molecule has 0 amide bonds. The van der Waals surface area contributed by atoms with Gasteiger partial charge >= 0.3 is 0 Å². The number of Topliss-reactive ketones (excluding diaryl/α,β-unsaturated/α-hetero) is 2. The first kappa shape index (κ1) is 38.2. The van der Waals surface area contributed by atoms with Crippen LogP contribution in [0.3, 0.4) is 0 Å². The van der Waals surface area contributed by atoms with Crippen LogP contribution in [0.4, 0.5) is 0 Å². The maximum absolute atomic E-state index is 13.5. The molecular weight excluding hydrogens is 636 g/mol. The summed E-state index contributed by atoms with van der Waals surface area (Å²) in [5.74, 6) is 2.22. The molecule has 50 heavy (non-hydrogen) atoms. The molecule has 2 aliphatic carbocycles. The third-order valence-corrected chi connectivity index (χ3v) is 9.18. The van der Waals surface area contributed by atoms with Crippen LogP contribution in [0.2, 0.25) is 0 Å². The van der Waals surface area contributed by atoms with Crippen LogP contribution in [0.25, 0.3) is 0 Å². The van der Waals surface area contributed by atoms with E-state index in [9.17, 15) is 19.8 Å². The summed E-state index contributed by atoms with van der Waals surface area (Å²) in [4.78, 5) is 36.8. The zero-order chi connectivity index (χ0) is 36.6. The van der Waals surface area contributed by atoms with Gasteiger partial charge in [0, 0.05) is 50.2 Å². The lowest BCUT2D eigenvalue weighted by Gasteiger charge is -2.31. The van der Waals surface area contributed by atoms with Gasteiger partial charge in [-0.2, -0.15) is 0 Å². The van der Waals surface area contributed by atoms with Gasteiger partial charge in [-0.3, -0.25) is 19.6 Å². The topological polar surface area (TPSA) is 136 Å². The molecular formula is C40H52N2O8. The summed E-state index contributed by atoms with van der Waals surface area (Å²) in [7, 11) is 6.34. The van der Waals surface area contributed by atoms with Crippen LogP contribution in [-0.4, -0.2) is 74.7 Å². The predicted octanol–water partition coefficient (Wildman–Crippen LogP) is 7.57. The van der Waals surface area contributed by atoms with Gasteiger partial charge in [-0.05, 0) is 71.9 Å². The number of nitrogens with zero attached hydrogens (tertiary/aromatic N) is 2. The summed E-state index contributed by atoms with van der Waals surface area (Å²) in [5, 5.41) is 22.4. The number of benzene rings is 2. The van der Waals surface area contributed by atoms with Crippen LogP contribution < -0.4 is 18.9 Å². The minimum atomic E-state index is -0.371. The Morgan fingerprint density at radius 1 is 0.600 bits per heavy atom. The van der Waals surface area contributed by atoms with E-state index in [-0.39, 0.29) is 70.7 Å². The average molecular weight is 689 g/mol. The summed E-state index contributed by atoms with van der Waals surface area (Å²) < 4.78 is 21.6. The van der Waals surface area contributed by atoms with Crippen molar-refractivity contribution in [3.05, 3.63) is 70.2 Å². The fraction of sp³-hybridized carbons (Fsp3) is 0.500. The fourth-order valence-corrected chi connectivity index (χ4v) is 6.75. The van der Waals surface area contributed by atoms with Gasteiger partial charge in [0.15, 0.2) is 34.6 Å². The Balaban J connectivity index is 1.67. The molecule has 0 saturated heterocycles. The van der Waals surface area contributed by atoms with E-state index >= 15 is 0 Å². The summed E-state index contributed by atoms with van der Waals surface area (Å²) in [5.41, 5.74) is 2.64. The quantitative estimate of drug-likeness (QED) is 0.183. The number of carbonyl (C=O) groups excluding carboxylic acids is 2. The van der Waals surface area contributed by atoms with Crippen LogP contribution in [0, 0.1) is 10.8 Å². The number of hydrogen-bond donors (Lipinski definition) is 2. The minimum Gasteiger partial charge on any atom is -0.511 e. The Kier molecular flexibility index (Phi) is 12.5. The van der Waals surface area contributed by atoms with Crippen molar-refractivity contribution >= 4 is 23.0 Å². The Hall–Kier alpha value is -4.60. The molecule has 0 aliphatic heterocycles. The highest BCUT2D eigenvalue weighted by atomic mass is 16.5. The standard InChI is InChI=1S/C40H52N2O8/c1-39(2)21-29(43)37(30(44)22-39)27(41-17-15-25-9-13-33(47-5)35(19-25)49-7)11-12-28(38-31(45)23-40(3,4)24-32(38)46)42-18-16-26-10-14-34(48-6)36(20-26)50-8/h9-10,13-14,19-20,43,45H,11-12,15-18,21-24H2,1-8H3. The number of allylic oxidation sites excluding steroid dienone is 4. The van der Waals surface area contributed by atoms with Crippen molar-refractivity contribution in [1.29, 1.82) is 0 Å². The molecule has 2 aliphatic rings. The third kappa shape index (κ3) is 9.55. The Morgan fingerprint density at radius 2 is 0.960 bits per heavy atom. The highest BCUT2D eigenvalue weighted by Gasteiger charge is 2.37. The fourth-order valence-electron chi connectivity index (χ4n) is 6.75. The zero-order valence-corrected chi connectivity index (χ0v) is 30.8. The van der Waals surface area contributed by atoms with Gasteiger partial charge in [0.05, 0.1) is 39.6 Å². The van der Waals surface area contributed by atoms with E-state index in [4.69, 9.17) is 28.9 Å². The molecule has 0 bridgehead atoms. The molecule has 2 aromatic rings. The van der Waals surface area contributed by atoms with E-state index in [0.717, 1.165) is 11.1 Å². The Labute approximate surface area is 295 Å². The summed E-state index contributed by atoms with van der Waals surface area (Å²) in [6.45, 7) is 8.54. The molecule has 0 aromatic heterocycles. The molecule has 0 saturated carbocycles. The first-order valence-corrected chi connectivity index (χ1v) is 17.1. The van der Waals surface area contributed by atoms with E-state index in [2.05, 4.69) is 0 Å². The van der Waals surface area contributed by atoms with E-state index in [1.165, 1.54) is 0 Å². The number of ether oxygens (including phenoxy) is 4. The maximum Gasteiger partial charge on any atom is 0.168 e. The number of hydrogen-bond acceptors (Lipinski definition) is 10. The highest BCUT2D eigenvalue weighted by Crippen LogP contribution is 2.39. The van der Waals surface area contributed by atoms with Gasteiger partial charge in [0.2, 0.25) is 0 Å². The van der Waals surface area contributed by atoms with Crippen LogP contribution >= 0.6 is 0 Å². The lowest BCUT2D eigenvalue weighted by molar-refractivity contribution is -0.118. The van der Waals surface area contributed by atoms with Crippen molar-refractivity contribution in [3.8, 4) is 23.0 Å². The maximum atomic E-state index is 13.5. The van der Waals surface area contributed by atoms with Crippen molar-refractivity contribution in [2.45, 2.75) is 79.1 Å². The summed E-state index contributed by atoms with van der Waals surface area (Å²) in [6.07, 6.45) is 2.90. The molecule has 0 fully saturated rings. The molecule has 0 unspecified atom stereocenters. The Morgan fingerprint density at radius 3 is 1.28 bits per heavy atom. The summed E-state index contributed by atoms with van der Waals surface area (Å²) >= 11 is 0. The van der Waals surface area contributed by atoms with E-state index in [1.807, 2.05) is 64.1 Å². The van der Waals surface area contributed by atoms with Gasteiger partial charge in [0.1, 0.15) is 11.5 Å². The molecule has 4 rings (SSSR count). The lowest BCUT2D eigenvalue weighted by Crippen LogP contribution is -2.31. The van der Waals surface area contributed by atoms with Crippen LogP contribution in [0.1, 0.15) is 77.3 Å². The number of carbonyl (C=O) groups is 2. The van der Waals surface area contributed by atoms with Crippen LogP contribution in [0.15, 0.2) is 69.0 Å². The molecule has 270 valence electrons. The van der Waals surface area contributed by atoms with Crippen molar-refractivity contribution < 1.29 is 38.7 Å². The second kappa shape index (κ2) is 16.4. The summed E-state index contributed by atoms with van der Waals surface area (Å²) in [6, 6.07) is 11.4. The number of aliphatic imine (C=N–C) groups is 2. The Bertz CT molecular complexity index is 1590. The van der Waals surface area contributed by atoms with Gasteiger partial charge < -0.3 is 29.2 Å². The molecule has 0 atom stereocenters. The van der Waals surface area contributed by atoms with Crippen molar-refractivity contribution in [3.63, 3.8) is 0 Å². The van der Waals surface area contributed by atoms with Crippen LogP contribution in [-0.2, 0) is 22.4 Å². The number of aliphatic hydroxyl groups excluding tert-OH is 2. The molecule has 10 heteroatoms. The molecule has 2 N–H and O–H groups in total. The second-order valence-corrected chi connectivity index (χ2v) is 14.6. The third-order valence-electron chi connectivity index (χ3n) is 9.18. The van der Waals surface area contributed by atoms with Gasteiger partial charge in [0.25, 0.3) is 0 Å². The largest absolute Gasteiger partial charge is 0.511 e. The monoisotopic (exact) mass is 688 g/mol. The predicted molar refractivity (Wildman–Crippen MR) is 196 cm³/mol. The van der Waals surface area contributed by atoms with Gasteiger partial charge in [-0.1, -0.05) is 39.8 Å². The molecule has 0 radical (unpaired) electrons. The average Bonchev–Trinajstić information content (AvgIpc) is 3.04. The van der Waals surface area contributed by atoms with E-state index in [0.29, 0.717) is 73.2 Å². The number of rotatable bonds is 15. The van der Waals surface area contributed by atoms with E-state index < -0.39 is 0 Å². The second-order valence-electron chi connectivity index (χ2n) is 14.6. The molecule has 10 nitrogen and oxygen atoms in total. The molecule has 0 heterocycles. The van der Waals surface area contributed by atoms with Crippen molar-refractivity contribution in [1.82, 2.24) is 0 Å². The van der Waals surface area contributed by atoms with Crippen LogP contribution in [0.5, 0.6) is 23.0 Å². The number of ketones is 2. The molecule has 0 spiro atoms. The lowest BCUT2D eigenvalue weighted by atomic mass is 9.74. The minimum absolute atomic E-state index is 0.0283. The van der Waals surface area contributed by atoms with Gasteiger partial charge in [-0.25, -0.2) is 0 Å². The first-order chi connectivity index (χ1) is 23.7. The van der Waals surface area contributed by atoms with E-state index in [1.54, 1.807) is 28.4 Å². The van der Waals surface area contributed by atoms with Crippen molar-refractivity contribution in [2.24, 2.45) is 20.8 Å². The molecule has 2 aromatic carbocycles.